The molecule has 0 aromatic carbocycles. The predicted octanol–water partition coefficient (Wildman–Crippen LogP) is 1.59. The van der Waals surface area contributed by atoms with E-state index in [1.165, 1.54) is 32.4 Å². The highest BCUT2D eigenvalue weighted by Gasteiger charge is 2.27. The number of aryl methyl sites for hydroxylation is 1. The molecule has 26 heavy (non-hydrogen) atoms. The number of hydrogen-bond donors (Lipinski definition) is 0. The molecular formula is C18H27N5O3. The molecule has 2 fully saturated rings. The lowest BCUT2D eigenvalue weighted by Crippen LogP contribution is -2.48. The zero-order valence-corrected chi connectivity index (χ0v) is 15.2. The van der Waals surface area contributed by atoms with Gasteiger partial charge in [-0.25, -0.2) is 4.98 Å². The molecule has 0 bridgehead atoms. The van der Waals surface area contributed by atoms with Crippen molar-refractivity contribution < 1.29 is 9.59 Å². The molecule has 2 aliphatic rings. The van der Waals surface area contributed by atoms with Gasteiger partial charge in [-0.15, -0.1) is 4.91 Å². The molecule has 0 saturated carbocycles. The molecule has 0 N–H and O–H groups in total. The van der Waals surface area contributed by atoms with Crippen LogP contribution in [-0.2, 0) is 22.6 Å². The molecule has 0 radical (unpaired) electrons. The molecule has 0 atom stereocenters. The number of piperidine rings is 2. The Kier molecular flexibility index (Phi) is 6.49. The summed E-state index contributed by atoms with van der Waals surface area (Å²) in [5.41, 5.74) is 0. The van der Waals surface area contributed by atoms with Crippen molar-refractivity contribution in [3.8, 4) is 0 Å². The van der Waals surface area contributed by atoms with E-state index in [-0.39, 0.29) is 12.5 Å². The van der Waals surface area contributed by atoms with Gasteiger partial charge in [0, 0.05) is 49.5 Å². The summed E-state index contributed by atoms with van der Waals surface area (Å²) in [7, 11) is 0. The van der Waals surface area contributed by atoms with E-state index in [0.717, 1.165) is 25.9 Å². The second-order valence-electron chi connectivity index (χ2n) is 7.16. The molecule has 1 aromatic heterocycles. The molecule has 0 spiro atoms. The standard InChI is InChI=1S/C18H27N5O3/c24-17(20-26)14-23-13-8-19-16(23)4-5-18(25)22-11-6-15(7-12-22)21-9-2-1-3-10-21/h8,13,15H,1-7,9-12,14H2. The summed E-state index contributed by atoms with van der Waals surface area (Å²) in [5, 5.41) is 2.40. The van der Waals surface area contributed by atoms with Crippen molar-refractivity contribution in [3.63, 3.8) is 0 Å². The number of nitroso groups, excluding NO2 is 1. The van der Waals surface area contributed by atoms with Crippen LogP contribution >= 0.6 is 0 Å². The third-order valence-electron chi connectivity index (χ3n) is 5.50. The molecule has 8 heteroatoms. The Labute approximate surface area is 153 Å². The van der Waals surface area contributed by atoms with Crippen molar-refractivity contribution in [1.82, 2.24) is 19.4 Å². The van der Waals surface area contributed by atoms with Crippen molar-refractivity contribution in [3.05, 3.63) is 23.1 Å². The maximum Gasteiger partial charge on any atom is 0.305 e. The lowest BCUT2D eigenvalue weighted by atomic mass is 9.99. The second-order valence-corrected chi connectivity index (χ2v) is 7.16. The van der Waals surface area contributed by atoms with E-state index in [4.69, 9.17) is 0 Å². The zero-order chi connectivity index (χ0) is 18.4. The molecule has 1 aromatic rings. The average Bonchev–Trinajstić information content (AvgIpc) is 3.13. The first-order chi connectivity index (χ1) is 12.7. The summed E-state index contributed by atoms with van der Waals surface area (Å²) in [6.07, 6.45) is 10.1. The number of hydrogen-bond acceptors (Lipinski definition) is 5. The van der Waals surface area contributed by atoms with E-state index in [9.17, 15) is 14.5 Å². The van der Waals surface area contributed by atoms with Crippen molar-refractivity contribution in [1.29, 1.82) is 0 Å². The number of carbonyl (C=O) groups is 2. The van der Waals surface area contributed by atoms with Gasteiger partial charge in [-0.2, -0.15) is 0 Å². The second kappa shape index (κ2) is 9.02. The maximum absolute atomic E-state index is 12.5. The summed E-state index contributed by atoms with van der Waals surface area (Å²) in [4.78, 5) is 42.7. The van der Waals surface area contributed by atoms with Crippen LogP contribution in [0.25, 0.3) is 0 Å². The molecule has 2 aliphatic heterocycles. The van der Waals surface area contributed by atoms with Crippen molar-refractivity contribution in [2.45, 2.75) is 57.5 Å². The third-order valence-corrected chi connectivity index (χ3v) is 5.50. The highest BCUT2D eigenvalue weighted by molar-refractivity contribution is 5.77. The van der Waals surface area contributed by atoms with Gasteiger partial charge in [-0.1, -0.05) is 6.42 Å². The first-order valence-corrected chi connectivity index (χ1v) is 9.55. The Morgan fingerprint density at radius 1 is 1.12 bits per heavy atom. The van der Waals surface area contributed by atoms with Gasteiger partial charge in [-0.3, -0.25) is 9.59 Å². The van der Waals surface area contributed by atoms with E-state index < -0.39 is 5.91 Å². The van der Waals surface area contributed by atoms with Crippen LogP contribution in [0.3, 0.4) is 0 Å². The van der Waals surface area contributed by atoms with Crippen LogP contribution in [0.5, 0.6) is 0 Å². The number of imidazole rings is 1. The van der Waals surface area contributed by atoms with Gasteiger partial charge in [0.05, 0.1) is 0 Å². The minimum atomic E-state index is -0.740. The Hall–Kier alpha value is -2.09. The normalized spacial score (nSPS) is 19.5. The van der Waals surface area contributed by atoms with E-state index in [1.54, 1.807) is 17.0 Å². The summed E-state index contributed by atoms with van der Waals surface area (Å²) in [6.45, 7) is 3.93. The van der Waals surface area contributed by atoms with Crippen LogP contribution in [0, 0.1) is 4.91 Å². The van der Waals surface area contributed by atoms with E-state index in [1.807, 2.05) is 4.90 Å². The van der Waals surface area contributed by atoms with Crippen molar-refractivity contribution in [2.24, 2.45) is 5.18 Å². The molecule has 2 amide bonds. The number of aromatic nitrogens is 2. The number of carbonyl (C=O) groups excluding carboxylic acids is 2. The lowest BCUT2D eigenvalue weighted by molar-refractivity contribution is -0.132. The molecule has 0 aliphatic carbocycles. The number of rotatable bonds is 6. The van der Waals surface area contributed by atoms with Gasteiger partial charge in [-0.05, 0) is 38.8 Å². The number of likely N-dealkylation sites (tertiary alicyclic amines) is 2. The molecule has 8 nitrogen and oxygen atoms in total. The van der Waals surface area contributed by atoms with Crippen LogP contribution < -0.4 is 0 Å². The van der Waals surface area contributed by atoms with Crippen molar-refractivity contribution >= 4 is 11.8 Å². The van der Waals surface area contributed by atoms with E-state index >= 15 is 0 Å². The zero-order valence-electron chi connectivity index (χ0n) is 15.2. The minimum absolute atomic E-state index is 0.117. The highest BCUT2D eigenvalue weighted by Crippen LogP contribution is 2.21. The van der Waals surface area contributed by atoms with Crippen LogP contribution in [0.15, 0.2) is 17.6 Å². The van der Waals surface area contributed by atoms with Gasteiger partial charge < -0.3 is 14.4 Å². The fraction of sp³-hybridized carbons (Fsp3) is 0.722. The topological polar surface area (TPSA) is 87.9 Å². The van der Waals surface area contributed by atoms with E-state index in [0.29, 0.717) is 24.7 Å². The lowest BCUT2D eigenvalue weighted by Gasteiger charge is -2.40. The molecule has 2 saturated heterocycles. The Bertz CT molecular complexity index is 631. The summed E-state index contributed by atoms with van der Waals surface area (Å²) in [5.74, 6) is 0.0328. The SMILES string of the molecule is O=NC(=O)Cn1ccnc1CCC(=O)N1CCC(N2CCCCC2)CC1. The Balaban J connectivity index is 1.44. The van der Waals surface area contributed by atoms with Crippen LogP contribution in [-0.4, -0.2) is 63.4 Å². The summed E-state index contributed by atoms with van der Waals surface area (Å²) >= 11 is 0. The fourth-order valence-electron chi connectivity index (χ4n) is 4.03. The number of amides is 2. The van der Waals surface area contributed by atoms with Gasteiger partial charge in [0.2, 0.25) is 5.91 Å². The van der Waals surface area contributed by atoms with Crippen molar-refractivity contribution in [2.75, 3.05) is 26.2 Å². The largest absolute Gasteiger partial charge is 0.343 e. The first-order valence-electron chi connectivity index (χ1n) is 9.55. The number of nitrogens with zero attached hydrogens (tertiary/aromatic N) is 5. The average molecular weight is 361 g/mol. The highest BCUT2D eigenvalue weighted by atomic mass is 16.3. The van der Waals surface area contributed by atoms with Crippen LogP contribution in [0.1, 0.15) is 44.3 Å². The third kappa shape index (κ3) is 4.75. The quantitative estimate of drug-likeness (QED) is 0.718. The smallest absolute Gasteiger partial charge is 0.305 e. The first kappa shape index (κ1) is 18.7. The van der Waals surface area contributed by atoms with Gasteiger partial charge in [0.1, 0.15) is 12.4 Å². The Morgan fingerprint density at radius 2 is 1.85 bits per heavy atom. The molecule has 0 unspecified atom stereocenters. The Morgan fingerprint density at radius 3 is 2.54 bits per heavy atom. The van der Waals surface area contributed by atoms with Gasteiger partial charge in [0.25, 0.3) is 0 Å². The molecular weight excluding hydrogens is 334 g/mol. The predicted molar refractivity (Wildman–Crippen MR) is 96.4 cm³/mol. The molecule has 3 rings (SSSR count). The van der Waals surface area contributed by atoms with Gasteiger partial charge >= 0.3 is 5.91 Å². The minimum Gasteiger partial charge on any atom is -0.343 e. The van der Waals surface area contributed by atoms with Gasteiger partial charge in [0.15, 0.2) is 0 Å². The monoisotopic (exact) mass is 361 g/mol. The molecule has 3 heterocycles. The fourth-order valence-corrected chi connectivity index (χ4v) is 4.03. The molecule has 142 valence electrons. The summed E-state index contributed by atoms with van der Waals surface area (Å²) in [6, 6.07) is 0.625. The van der Waals surface area contributed by atoms with Crippen LogP contribution in [0.4, 0.5) is 0 Å². The maximum atomic E-state index is 12.5. The van der Waals surface area contributed by atoms with E-state index in [2.05, 4.69) is 15.1 Å². The summed E-state index contributed by atoms with van der Waals surface area (Å²) < 4.78 is 1.58. The van der Waals surface area contributed by atoms with Crippen LogP contribution in [0.2, 0.25) is 0 Å².